The molecule has 1 N–H and O–H groups in total. The topological polar surface area (TPSA) is 107 Å². The van der Waals surface area contributed by atoms with Gasteiger partial charge >= 0.3 is 5.97 Å². The van der Waals surface area contributed by atoms with Crippen molar-refractivity contribution >= 4 is 49.1 Å². The van der Waals surface area contributed by atoms with Gasteiger partial charge in [-0.2, -0.15) is 4.99 Å². The molecule has 38 heavy (non-hydrogen) atoms. The van der Waals surface area contributed by atoms with Gasteiger partial charge < -0.3 is 9.30 Å². The van der Waals surface area contributed by atoms with Crippen molar-refractivity contribution in [3.8, 4) is 0 Å². The first-order valence-corrected chi connectivity index (χ1v) is 14.5. The summed E-state index contributed by atoms with van der Waals surface area (Å²) in [7, 11) is -2.52. The first-order chi connectivity index (χ1) is 18.2. The van der Waals surface area contributed by atoms with Crippen LogP contribution in [0.3, 0.4) is 0 Å². The smallest absolute Gasteiger partial charge is 0.325 e. The van der Waals surface area contributed by atoms with Crippen molar-refractivity contribution in [3.63, 3.8) is 0 Å². The quantitative estimate of drug-likeness (QED) is 0.292. The van der Waals surface area contributed by atoms with Gasteiger partial charge in [0.2, 0.25) is 0 Å². The van der Waals surface area contributed by atoms with Crippen LogP contribution in [-0.4, -0.2) is 32.0 Å². The summed E-state index contributed by atoms with van der Waals surface area (Å²) in [6.07, 6.45) is 3.09. The van der Waals surface area contributed by atoms with Crippen LogP contribution in [-0.2, 0) is 32.5 Å². The highest BCUT2D eigenvalue weighted by Gasteiger charge is 2.16. The number of nitrogens with one attached hydrogen (secondary N) is 1. The molecule has 0 saturated heterocycles. The lowest BCUT2D eigenvalue weighted by atomic mass is 10.1. The number of ether oxygens (including phenoxy) is 1. The van der Waals surface area contributed by atoms with Gasteiger partial charge in [0.15, 0.2) is 4.80 Å². The fourth-order valence-corrected chi connectivity index (χ4v) is 6.03. The van der Waals surface area contributed by atoms with Crippen molar-refractivity contribution in [1.29, 1.82) is 0 Å². The Labute approximate surface area is 225 Å². The number of thiazole rings is 1. The molecule has 0 aliphatic rings. The number of fused-ring (bicyclic) bond motifs is 1. The van der Waals surface area contributed by atoms with Crippen LogP contribution in [0.5, 0.6) is 0 Å². The summed E-state index contributed by atoms with van der Waals surface area (Å²) in [6, 6.07) is 18.7. The van der Waals surface area contributed by atoms with E-state index in [1.54, 1.807) is 34.9 Å². The minimum absolute atomic E-state index is 0.0900. The molecular formula is C28H29N3O5S2. The van der Waals surface area contributed by atoms with Crippen LogP contribution in [0.25, 0.3) is 10.2 Å². The van der Waals surface area contributed by atoms with E-state index in [1.165, 1.54) is 42.2 Å². The molecule has 198 valence electrons. The van der Waals surface area contributed by atoms with Crippen LogP contribution in [0, 0.1) is 6.92 Å². The van der Waals surface area contributed by atoms with Crippen LogP contribution in [0.1, 0.15) is 41.3 Å². The molecular weight excluding hydrogens is 522 g/mol. The summed E-state index contributed by atoms with van der Waals surface area (Å²) < 4.78 is 35.5. The number of amides is 1. The number of nitrogens with zero attached hydrogens (tertiary/aromatic N) is 2. The van der Waals surface area contributed by atoms with Gasteiger partial charge in [0, 0.05) is 11.3 Å². The molecule has 0 saturated carbocycles. The van der Waals surface area contributed by atoms with Crippen LogP contribution in [0.4, 0.5) is 5.69 Å². The van der Waals surface area contributed by atoms with E-state index in [1.807, 2.05) is 19.1 Å². The van der Waals surface area contributed by atoms with Gasteiger partial charge in [-0.05, 0) is 67.8 Å². The third-order valence-corrected chi connectivity index (χ3v) is 8.41. The first kappa shape index (κ1) is 27.3. The van der Waals surface area contributed by atoms with Gasteiger partial charge in [0.05, 0.1) is 22.2 Å². The van der Waals surface area contributed by atoms with Crippen LogP contribution >= 0.6 is 11.3 Å². The van der Waals surface area contributed by atoms with E-state index in [0.717, 1.165) is 35.0 Å². The number of methoxy groups -OCH3 is 1. The van der Waals surface area contributed by atoms with E-state index in [9.17, 15) is 18.0 Å². The SMILES string of the molecule is CCCCc1ccc2c(c1)sc(=NC(=O)c1cccc(NS(=O)(=O)c3ccc(C)cc3)c1)n2CC(=O)OC. The maximum Gasteiger partial charge on any atom is 0.325 e. The predicted octanol–water partition coefficient (Wildman–Crippen LogP) is 5.07. The number of sulfonamides is 1. The lowest BCUT2D eigenvalue weighted by Gasteiger charge is -2.09. The van der Waals surface area contributed by atoms with Crippen LogP contribution in [0.2, 0.25) is 0 Å². The van der Waals surface area contributed by atoms with Crippen molar-refractivity contribution in [1.82, 2.24) is 4.57 Å². The Kier molecular flexibility index (Phi) is 8.43. The summed E-state index contributed by atoms with van der Waals surface area (Å²) in [5, 5.41) is 0. The summed E-state index contributed by atoms with van der Waals surface area (Å²) in [4.78, 5) is 30.1. The Bertz CT molecular complexity index is 1650. The molecule has 1 amide bonds. The molecule has 1 aromatic heterocycles. The third kappa shape index (κ3) is 6.38. The van der Waals surface area contributed by atoms with E-state index in [-0.39, 0.29) is 22.7 Å². The Balaban J connectivity index is 1.68. The van der Waals surface area contributed by atoms with Gasteiger partial charge in [-0.15, -0.1) is 0 Å². The molecule has 0 fully saturated rings. The fourth-order valence-electron chi connectivity index (χ4n) is 3.88. The van der Waals surface area contributed by atoms with Crippen molar-refractivity contribution < 1.29 is 22.7 Å². The molecule has 0 aliphatic heterocycles. The summed E-state index contributed by atoms with van der Waals surface area (Å²) in [6.45, 7) is 3.92. The Morgan fingerprint density at radius 1 is 1.05 bits per heavy atom. The summed E-state index contributed by atoms with van der Waals surface area (Å²) in [5.41, 5.74) is 3.36. The number of rotatable bonds is 9. The van der Waals surface area contributed by atoms with Gasteiger partial charge in [0.25, 0.3) is 15.9 Å². The molecule has 10 heteroatoms. The summed E-state index contributed by atoms with van der Waals surface area (Å²) in [5.74, 6) is -1.01. The van der Waals surface area contributed by atoms with Gasteiger partial charge in [-0.25, -0.2) is 8.42 Å². The second kappa shape index (κ2) is 11.7. The lowest BCUT2D eigenvalue weighted by molar-refractivity contribution is -0.141. The molecule has 4 aromatic rings. The molecule has 0 unspecified atom stereocenters. The van der Waals surface area contributed by atoms with Crippen LogP contribution in [0.15, 0.2) is 76.6 Å². The number of hydrogen-bond donors (Lipinski definition) is 1. The van der Waals surface area contributed by atoms with Crippen LogP contribution < -0.4 is 9.52 Å². The molecule has 1 heterocycles. The zero-order valence-electron chi connectivity index (χ0n) is 21.4. The third-order valence-electron chi connectivity index (χ3n) is 5.97. The zero-order valence-corrected chi connectivity index (χ0v) is 23.1. The highest BCUT2D eigenvalue weighted by Crippen LogP contribution is 2.22. The largest absolute Gasteiger partial charge is 0.468 e. The number of carbonyl (C=O) groups excluding carboxylic acids is 2. The van der Waals surface area contributed by atoms with E-state index < -0.39 is 21.9 Å². The zero-order chi connectivity index (χ0) is 27.3. The Hall–Kier alpha value is -3.76. The number of hydrogen-bond acceptors (Lipinski definition) is 6. The standard InChI is InChI=1S/C28H29N3O5S2/c1-4-5-7-20-12-15-24-25(16-20)37-28(31(24)18-26(32)36-3)29-27(33)21-8-6-9-22(17-21)30-38(34,35)23-13-10-19(2)11-14-23/h6,8-17,30H,4-5,7,18H2,1-3H3. The molecule has 0 aliphatic carbocycles. The predicted molar refractivity (Wildman–Crippen MR) is 149 cm³/mol. The average molecular weight is 552 g/mol. The highest BCUT2D eigenvalue weighted by atomic mass is 32.2. The Morgan fingerprint density at radius 2 is 1.82 bits per heavy atom. The second-order valence-electron chi connectivity index (χ2n) is 8.87. The normalized spacial score (nSPS) is 12.0. The van der Waals surface area contributed by atoms with E-state index in [2.05, 4.69) is 22.7 Å². The number of unbranched alkanes of at least 4 members (excludes halogenated alkanes) is 1. The number of aromatic nitrogens is 1. The second-order valence-corrected chi connectivity index (χ2v) is 11.6. The summed E-state index contributed by atoms with van der Waals surface area (Å²) >= 11 is 1.32. The Morgan fingerprint density at radius 3 is 2.53 bits per heavy atom. The molecule has 4 rings (SSSR count). The number of esters is 1. The monoisotopic (exact) mass is 551 g/mol. The minimum atomic E-state index is -3.83. The molecule has 0 atom stereocenters. The minimum Gasteiger partial charge on any atom is -0.468 e. The lowest BCUT2D eigenvalue weighted by Crippen LogP contribution is -2.22. The van der Waals surface area contributed by atoms with Crippen molar-refractivity contribution in [2.45, 2.75) is 44.6 Å². The van der Waals surface area contributed by atoms with Gasteiger partial charge in [-0.3, -0.25) is 14.3 Å². The number of aryl methyl sites for hydroxylation is 2. The fraction of sp³-hybridized carbons (Fsp3) is 0.250. The number of anilines is 1. The van der Waals surface area contributed by atoms with Gasteiger partial charge in [0.1, 0.15) is 6.54 Å². The molecule has 3 aromatic carbocycles. The maximum absolute atomic E-state index is 13.2. The van der Waals surface area contributed by atoms with Crippen molar-refractivity contribution in [3.05, 3.63) is 88.2 Å². The van der Waals surface area contributed by atoms with E-state index in [0.29, 0.717) is 4.80 Å². The molecule has 0 bridgehead atoms. The molecule has 0 radical (unpaired) electrons. The highest BCUT2D eigenvalue weighted by molar-refractivity contribution is 7.92. The van der Waals surface area contributed by atoms with E-state index in [4.69, 9.17) is 4.74 Å². The van der Waals surface area contributed by atoms with Crippen molar-refractivity contribution in [2.24, 2.45) is 4.99 Å². The van der Waals surface area contributed by atoms with Crippen molar-refractivity contribution in [2.75, 3.05) is 11.8 Å². The number of carbonyl (C=O) groups is 2. The maximum atomic E-state index is 13.2. The molecule has 0 spiro atoms. The molecule has 8 nitrogen and oxygen atoms in total. The first-order valence-electron chi connectivity index (χ1n) is 12.2. The van der Waals surface area contributed by atoms with Gasteiger partial charge in [-0.1, -0.05) is 54.5 Å². The van der Waals surface area contributed by atoms with E-state index >= 15 is 0 Å². The number of benzene rings is 3. The average Bonchev–Trinajstić information content (AvgIpc) is 3.23.